The summed E-state index contributed by atoms with van der Waals surface area (Å²) in [6.07, 6.45) is 3.71. The lowest BCUT2D eigenvalue weighted by atomic mass is 10.3. The maximum absolute atomic E-state index is 4.39. The number of benzene rings is 1. The molecule has 0 saturated carbocycles. The predicted molar refractivity (Wildman–Crippen MR) is 68.5 cm³/mol. The second-order valence-electron chi connectivity index (χ2n) is 4.18. The Bertz CT molecular complexity index is 526. The van der Waals surface area contributed by atoms with Crippen molar-refractivity contribution in [1.29, 1.82) is 0 Å². The highest BCUT2D eigenvalue weighted by Crippen LogP contribution is 2.40. The lowest BCUT2D eigenvalue weighted by Gasteiger charge is -2.26. The van der Waals surface area contributed by atoms with E-state index in [1.165, 1.54) is 0 Å². The molecular formula is C13H14N4. The second-order valence-corrected chi connectivity index (χ2v) is 4.18. The van der Waals surface area contributed by atoms with Crippen molar-refractivity contribution >= 4 is 17.2 Å². The molecule has 0 saturated heterocycles. The molecule has 3 rings (SSSR count). The fourth-order valence-corrected chi connectivity index (χ4v) is 2.23. The van der Waals surface area contributed by atoms with Crippen molar-refractivity contribution in [3.63, 3.8) is 0 Å². The van der Waals surface area contributed by atoms with Crippen LogP contribution in [0.3, 0.4) is 0 Å². The van der Waals surface area contributed by atoms with E-state index < -0.39 is 0 Å². The number of aromatic nitrogens is 2. The van der Waals surface area contributed by atoms with Gasteiger partial charge in [-0.15, -0.1) is 0 Å². The maximum atomic E-state index is 4.39. The average molecular weight is 226 g/mol. The Hall–Kier alpha value is -2.10. The van der Waals surface area contributed by atoms with Crippen LogP contribution < -0.4 is 9.80 Å². The van der Waals surface area contributed by atoms with Crippen LogP contribution in [0.5, 0.6) is 0 Å². The van der Waals surface area contributed by atoms with Crippen LogP contribution in [-0.2, 0) is 0 Å². The number of hydrogen-bond donors (Lipinski definition) is 0. The Morgan fingerprint density at radius 2 is 1.94 bits per heavy atom. The molecule has 4 heteroatoms. The summed E-state index contributed by atoms with van der Waals surface area (Å²) in [5, 5.41) is 0. The summed E-state index contributed by atoms with van der Waals surface area (Å²) in [6.45, 7) is 2.16. The molecule has 0 N–H and O–H groups in total. The molecule has 1 aliphatic rings. The molecule has 2 heterocycles. The van der Waals surface area contributed by atoms with Crippen molar-refractivity contribution in [2.45, 2.75) is 13.1 Å². The smallest absolute Gasteiger partial charge is 0.161 e. The molecule has 0 fully saturated rings. The molecule has 2 aromatic rings. The summed E-state index contributed by atoms with van der Waals surface area (Å²) >= 11 is 0. The van der Waals surface area contributed by atoms with Crippen LogP contribution in [0.4, 0.5) is 17.2 Å². The van der Waals surface area contributed by atoms with Gasteiger partial charge in [0, 0.05) is 12.7 Å². The van der Waals surface area contributed by atoms with E-state index in [0.29, 0.717) is 0 Å². The highest BCUT2D eigenvalue weighted by Gasteiger charge is 2.32. The lowest BCUT2D eigenvalue weighted by molar-refractivity contribution is 0.731. The number of anilines is 3. The first-order valence-corrected chi connectivity index (χ1v) is 5.66. The first-order chi connectivity index (χ1) is 8.29. The van der Waals surface area contributed by atoms with Crippen LogP contribution in [0.15, 0.2) is 42.9 Å². The van der Waals surface area contributed by atoms with Crippen LogP contribution in [0.2, 0.25) is 0 Å². The van der Waals surface area contributed by atoms with Gasteiger partial charge in [-0.25, -0.2) is 9.97 Å². The van der Waals surface area contributed by atoms with Crippen molar-refractivity contribution in [1.82, 2.24) is 9.97 Å². The summed E-state index contributed by atoms with van der Waals surface area (Å²) in [4.78, 5) is 12.9. The molecular weight excluding hydrogens is 212 g/mol. The first-order valence-electron chi connectivity index (χ1n) is 5.66. The van der Waals surface area contributed by atoms with Gasteiger partial charge in [0.1, 0.15) is 18.2 Å². The van der Waals surface area contributed by atoms with Crippen LogP contribution >= 0.6 is 0 Å². The molecule has 0 radical (unpaired) electrons. The van der Waals surface area contributed by atoms with Crippen LogP contribution in [0.1, 0.15) is 6.92 Å². The normalized spacial score (nSPS) is 18.4. The zero-order chi connectivity index (χ0) is 11.8. The molecule has 1 aromatic carbocycles. The summed E-state index contributed by atoms with van der Waals surface area (Å²) < 4.78 is 0. The van der Waals surface area contributed by atoms with Crippen LogP contribution in [0.25, 0.3) is 0 Å². The van der Waals surface area contributed by atoms with E-state index in [-0.39, 0.29) is 6.17 Å². The van der Waals surface area contributed by atoms with Crippen molar-refractivity contribution in [3.05, 3.63) is 42.9 Å². The summed E-state index contributed by atoms with van der Waals surface area (Å²) in [5.74, 6) is 0.973. The molecule has 4 nitrogen and oxygen atoms in total. The third-order valence-electron chi connectivity index (χ3n) is 3.25. The van der Waals surface area contributed by atoms with Gasteiger partial charge in [0.05, 0.1) is 6.20 Å². The number of para-hydroxylation sites is 1. The zero-order valence-corrected chi connectivity index (χ0v) is 9.91. The van der Waals surface area contributed by atoms with Crippen molar-refractivity contribution in [3.8, 4) is 0 Å². The van der Waals surface area contributed by atoms with E-state index in [1.807, 2.05) is 24.4 Å². The fourth-order valence-electron chi connectivity index (χ4n) is 2.23. The monoisotopic (exact) mass is 226 g/mol. The molecule has 17 heavy (non-hydrogen) atoms. The molecule has 1 aliphatic heterocycles. The third kappa shape index (κ3) is 1.45. The third-order valence-corrected chi connectivity index (χ3v) is 3.25. The van der Waals surface area contributed by atoms with Gasteiger partial charge in [-0.1, -0.05) is 18.2 Å². The van der Waals surface area contributed by atoms with Gasteiger partial charge in [-0.2, -0.15) is 0 Å². The average Bonchev–Trinajstić information content (AvgIpc) is 2.64. The molecule has 0 spiro atoms. The maximum Gasteiger partial charge on any atom is 0.161 e. The Labute approximate surface area is 101 Å². The Morgan fingerprint density at radius 3 is 2.71 bits per heavy atom. The number of nitrogens with zero attached hydrogens (tertiary/aromatic N) is 4. The van der Waals surface area contributed by atoms with Gasteiger partial charge >= 0.3 is 0 Å². The molecule has 0 aliphatic carbocycles. The van der Waals surface area contributed by atoms with Gasteiger partial charge in [0.25, 0.3) is 0 Å². The van der Waals surface area contributed by atoms with E-state index in [9.17, 15) is 0 Å². The Kier molecular flexibility index (Phi) is 2.21. The first kappa shape index (κ1) is 10.1. The highest BCUT2D eigenvalue weighted by molar-refractivity contribution is 5.79. The predicted octanol–water partition coefficient (Wildman–Crippen LogP) is 2.41. The van der Waals surface area contributed by atoms with Crippen LogP contribution in [-0.4, -0.2) is 23.2 Å². The fraction of sp³-hybridized carbons (Fsp3) is 0.231. The van der Waals surface area contributed by atoms with E-state index in [2.05, 4.69) is 45.9 Å². The number of fused-ring (bicyclic) bond motifs is 1. The van der Waals surface area contributed by atoms with Gasteiger partial charge in [-0.3, -0.25) is 0 Å². The Morgan fingerprint density at radius 1 is 1.18 bits per heavy atom. The largest absolute Gasteiger partial charge is 0.350 e. The SMILES string of the molecule is C[C@H]1N(C)c2cncnc2N1c1ccccc1. The molecule has 0 bridgehead atoms. The van der Waals surface area contributed by atoms with Gasteiger partial charge in [0.15, 0.2) is 5.82 Å². The quantitative estimate of drug-likeness (QED) is 0.747. The number of rotatable bonds is 1. The molecule has 0 amide bonds. The topological polar surface area (TPSA) is 32.3 Å². The van der Waals surface area contributed by atoms with Gasteiger partial charge in [0.2, 0.25) is 0 Å². The van der Waals surface area contributed by atoms with Crippen LogP contribution in [0, 0.1) is 0 Å². The lowest BCUT2D eigenvalue weighted by Crippen LogP contribution is -2.35. The van der Waals surface area contributed by atoms with Crippen molar-refractivity contribution in [2.24, 2.45) is 0 Å². The van der Waals surface area contributed by atoms with E-state index in [0.717, 1.165) is 17.2 Å². The van der Waals surface area contributed by atoms with Crippen molar-refractivity contribution < 1.29 is 0 Å². The molecule has 86 valence electrons. The van der Waals surface area contributed by atoms with Gasteiger partial charge in [-0.05, 0) is 19.1 Å². The number of hydrogen-bond acceptors (Lipinski definition) is 4. The molecule has 1 aromatic heterocycles. The van der Waals surface area contributed by atoms with E-state index >= 15 is 0 Å². The van der Waals surface area contributed by atoms with E-state index in [1.54, 1.807) is 6.33 Å². The second kappa shape index (κ2) is 3.73. The van der Waals surface area contributed by atoms with E-state index in [4.69, 9.17) is 0 Å². The standard InChI is InChI=1S/C13H14N4/c1-10-16(2)12-8-14-9-15-13(12)17(10)11-6-4-3-5-7-11/h3-10H,1-2H3/t10-/m0/s1. The highest BCUT2D eigenvalue weighted by atomic mass is 15.4. The molecule has 0 unspecified atom stereocenters. The minimum atomic E-state index is 0.254. The minimum absolute atomic E-state index is 0.254. The Balaban J connectivity index is 2.13. The van der Waals surface area contributed by atoms with Crippen molar-refractivity contribution in [2.75, 3.05) is 16.8 Å². The summed E-state index contributed by atoms with van der Waals surface area (Å²) in [5.41, 5.74) is 2.23. The van der Waals surface area contributed by atoms with Gasteiger partial charge < -0.3 is 9.80 Å². The zero-order valence-electron chi connectivity index (χ0n) is 9.91. The minimum Gasteiger partial charge on any atom is -0.350 e. The summed E-state index contributed by atoms with van der Waals surface area (Å²) in [6, 6.07) is 10.3. The summed E-state index contributed by atoms with van der Waals surface area (Å²) in [7, 11) is 2.07. The molecule has 1 atom stereocenters.